The van der Waals surface area contributed by atoms with Gasteiger partial charge in [0.15, 0.2) is 0 Å². The Morgan fingerprint density at radius 2 is 1.65 bits per heavy atom. The Balaban J connectivity index is 1.89. The smallest absolute Gasteiger partial charge is 0.261 e. The van der Waals surface area contributed by atoms with Crippen molar-refractivity contribution in [3.05, 3.63) is 53.0 Å². The highest BCUT2D eigenvalue weighted by Gasteiger charge is 2.19. The Kier molecular flexibility index (Phi) is 4.89. The molecule has 5 nitrogen and oxygen atoms in total. The summed E-state index contributed by atoms with van der Waals surface area (Å²) < 4.78 is 34.0. The predicted octanol–water partition coefficient (Wildman–Crippen LogP) is 3.09. The zero-order valence-corrected chi connectivity index (χ0v) is 14.8. The summed E-state index contributed by atoms with van der Waals surface area (Å²) in [6, 6.07) is 14.0. The molecule has 7 heteroatoms. The lowest BCUT2D eigenvalue weighted by Crippen LogP contribution is -2.36. The van der Waals surface area contributed by atoms with Crippen molar-refractivity contribution in [2.45, 2.75) is 4.90 Å². The molecule has 1 aliphatic heterocycles. The van der Waals surface area contributed by atoms with Crippen molar-refractivity contribution in [2.75, 3.05) is 35.9 Å². The molecule has 1 heterocycles. The van der Waals surface area contributed by atoms with E-state index in [1.54, 1.807) is 30.3 Å². The summed E-state index contributed by atoms with van der Waals surface area (Å²) in [5.74, 6) is 0. The van der Waals surface area contributed by atoms with E-state index in [9.17, 15) is 8.42 Å². The molecule has 0 spiro atoms. The van der Waals surface area contributed by atoms with E-state index in [0.29, 0.717) is 18.9 Å². The summed E-state index contributed by atoms with van der Waals surface area (Å²) in [4.78, 5) is 2.36. The van der Waals surface area contributed by atoms with E-state index in [-0.39, 0.29) is 4.90 Å². The van der Waals surface area contributed by atoms with E-state index in [2.05, 4.69) is 25.6 Å². The second-order valence-corrected chi connectivity index (χ2v) is 7.77. The van der Waals surface area contributed by atoms with Crippen LogP contribution in [0.15, 0.2) is 57.9 Å². The van der Waals surface area contributed by atoms with E-state index in [1.807, 2.05) is 18.2 Å². The maximum Gasteiger partial charge on any atom is 0.261 e. The Labute approximate surface area is 144 Å². The molecule has 3 rings (SSSR count). The van der Waals surface area contributed by atoms with Crippen LogP contribution in [0.2, 0.25) is 0 Å². The fraction of sp³-hybridized carbons (Fsp3) is 0.250. The number of nitrogens with one attached hydrogen (secondary N) is 1. The van der Waals surface area contributed by atoms with Gasteiger partial charge in [-0.05, 0) is 36.4 Å². The molecule has 0 unspecified atom stereocenters. The number of hydrogen-bond acceptors (Lipinski definition) is 4. The first-order valence-electron chi connectivity index (χ1n) is 7.26. The van der Waals surface area contributed by atoms with Crippen molar-refractivity contribution >= 4 is 37.3 Å². The van der Waals surface area contributed by atoms with Gasteiger partial charge in [-0.3, -0.25) is 4.72 Å². The van der Waals surface area contributed by atoms with Crippen LogP contribution in [0.3, 0.4) is 0 Å². The van der Waals surface area contributed by atoms with Gasteiger partial charge in [0.05, 0.1) is 29.5 Å². The molecular weight excluding hydrogens is 380 g/mol. The lowest BCUT2D eigenvalue weighted by atomic mass is 10.2. The van der Waals surface area contributed by atoms with Crippen molar-refractivity contribution in [1.82, 2.24) is 0 Å². The molecule has 122 valence electrons. The first kappa shape index (κ1) is 16.3. The molecule has 0 aromatic heterocycles. The van der Waals surface area contributed by atoms with Crippen molar-refractivity contribution in [1.29, 1.82) is 0 Å². The summed E-state index contributed by atoms with van der Waals surface area (Å²) >= 11 is 3.31. The number of sulfonamides is 1. The molecule has 1 aliphatic rings. The predicted molar refractivity (Wildman–Crippen MR) is 94.4 cm³/mol. The highest BCUT2D eigenvalue weighted by atomic mass is 79.9. The first-order chi connectivity index (χ1) is 11.1. The van der Waals surface area contributed by atoms with Gasteiger partial charge in [0, 0.05) is 17.6 Å². The van der Waals surface area contributed by atoms with Gasteiger partial charge in [0.1, 0.15) is 0 Å². The zero-order chi connectivity index (χ0) is 16.3. The minimum atomic E-state index is -3.62. The molecule has 1 saturated heterocycles. The van der Waals surface area contributed by atoms with Crippen LogP contribution in [-0.4, -0.2) is 34.7 Å². The van der Waals surface area contributed by atoms with Crippen molar-refractivity contribution in [3.63, 3.8) is 0 Å². The number of hydrogen-bond donors (Lipinski definition) is 1. The third kappa shape index (κ3) is 3.85. The first-order valence-corrected chi connectivity index (χ1v) is 9.54. The van der Waals surface area contributed by atoms with Gasteiger partial charge in [0.2, 0.25) is 0 Å². The Hall–Kier alpha value is -1.57. The number of benzene rings is 2. The molecular formula is C16H17BrN2O3S. The standard InChI is InChI=1S/C16H17BrN2O3S/c17-13-5-7-14(8-6-13)23(20,21)18-15-3-1-2-4-16(15)19-9-11-22-12-10-19/h1-8,18H,9-12H2. The van der Waals surface area contributed by atoms with Gasteiger partial charge in [-0.1, -0.05) is 28.1 Å². The second-order valence-electron chi connectivity index (χ2n) is 5.18. The van der Waals surface area contributed by atoms with E-state index in [1.165, 1.54) is 0 Å². The minimum Gasteiger partial charge on any atom is -0.378 e. The van der Waals surface area contributed by atoms with E-state index < -0.39 is 10.0 Å². The molecule has 2 aromatic carbocycles. The van der Waals surface area contributed by atoms with Crippen LogP contribution >= 0.6 is 15.9 Å². The Morgan fingerprint density at radius 1 is 1.00 bits per heavy atom. The fourth-order valence-corrected chi connectivity index (χ4v) is 3.80. The Morgan fingerprint density at radius 3 is 2.35 bits per heavy atom. The van der Waals surface area contributed by atoms with E-state index in [4.69, 9.17) is 4.74 Å². The van der Waals surface area contributed by atoms with Crippen molar-refractivity contribution < 1.29 is 13.2 Å². The highest BCUT2D eigenvalue weighted by Crippen LogP contribution is 2.28. The number of anilines is 2. The van der Waals surface area contributed by atoms with Crippen LogP contribution in [0.1, 0.15) is 0 Å². The Bertz CT molecular complexity index is 772. The molecule has 2 aromatic rings. The topological polar surface area (TPSA) is 58.6 Å². The largest absolute Gasteiger partial charge is 0.378 e. The van der Waals surface area contributed by atoms with Crippen LogP contribution in [-0.2, 0) is 14.8 Å². The number of nitrogens with zero attached hydrogens (tertiary/aromatic N) is 1. The van der Waals surface area contributed by atoms with Gasteiger partial charge in [0.25, 0.3) is 10.0 Å². The van der Waals surface area contributed by atoms with Crippen LogP contribution in [0.4, 0.5) is 11.4 Å². The summed E-state index contributed by atoms with van der Waals surface area (Å²) in [6.07, 6.45) is 0. The third-order valence-electron chi connectivity index (χ3n) is 3.62. The summed E-state index contributed by atoms with van der Waals surface area (Å²) in [5.41, 5.74) is 1.45. The number of morpholine rings is 1. The molecule has 0 aliphatic carbocycles. The quantitative estimate of drug-likeness (QED) is 0.862. The van der Waals surface area contributed by atoms with Gasteiger partial charge in [-0.2, -0.15) is 0 Å². The van der Waals surface area contributed by atoms with Crippen LogP contribution in [0, 0.1) is 0 Å². The average molecular weight is 397 g/mol. The van der Waals surface area contributed by atoms with Crippen LogP contribution in [0.5, 0.6) is 0 Å². The molecule has 0 radical (unpaired) electrons. The number of rotatable bonds is 4. The summed E-state index contributed by atoms with van der Waals surface area (Å²) in [6.45, 7) is 2.79. The van der Waals surface area contributed by atoms with Crippen molar-refractivity contribution in [2.24, 2.45) is 0 Å². The summed E-state index contributed by atoms with van der Waals surface area (Å²) in [7, 11) is -3.62. The minimum absolute atomic E-state index is 0.234. The van der Waals surface area contributed by atoms with Crippen LogP contribution in [0.25, 0.3) is 0 Å². The van der Waals surface area contributed by atoms with Gasteiger partial charge in [-0.15, -0.1) is 0 Å². The molecule has 1 N–H and O–H groups in total. The normalized spacial score (nSPS) is 15.4. The SMILES string of the molecule is O=S(=O)(Nc1ccccc1N1CCOCC1)c1ccc(Br)cc1. The lowest BCUT2D eigenvalue weighted by Gasteiger charge is -2.30. The third-order valence-corrected chi connectivity index (χ3v) is 5.53. The van der Waals surface area contributed by atoms with Crippen LogP contribution < -0.4 is 9.62 Å². The molecule has 0 bridgehead atoms. The average Bonchev–Trinajstić information content (AvgIpc) is 2.56. The molecule has 0 saturated carbocycles. The van der Waals surface area contributed by atoms with Gasteiger partial charge >= 0.3 is 0 Å². The monoisotopic (exact) mass is 396 g/mol. The highest BCUT2D eigenvalue weighted by molar-refractivity contribution is 9.10. The van der Waals surface area contributed by atoms with E-state index in [0.717, 1.165) is 23.2 Å². The molecule has 0 atom stereocenters. The van der Waals surface area contributed by atoms with Gasteiger partial charge < -0.3 is 9.64 Å². The number of para-hydroxylation sites is 2. The lowest BCUT2D eigenvalue weighted by molar-refractivity contribution is 0.123. The summed E-state index contributed by atoms with van der Waals surface area (Å²) in [5, 5.41) is 0. The fourth-order valence-electron chi connectivity index (χ4n) is 2.46. The van der Waals surface area contributed by atoms with E-state index >= 15 is 0 Å². The maximum absolute atomic E-state index is 12.6. The zero-order valence-electron chi connectivity index (χ0n) is 12.4. The maximum atomic E-state index is 12.6. The molecule has 0 amide bonds. The van der Waals surface area contributed by atoms with Crippen molar-refractivity contribution in [3.8, 4) is 0 Å². The van der Waals surface area contributed by atoms with Gasteiger partial charge in [-0.25, -0.2) is 8.42 Å². The second kappa shape index (κ2) is 6.90. The number of halogens is 1. The molecule has 1 fully saturated rings. The number of ether oxygens (including phenoxy) is 1. The molecule has 23 heavy (non-hydrogen) atoms.